The van der Waals surface area contributed by atoms with Crippen LogP contribution in [-0.2, 0) is 14.3 Å². The highest BCUT2D eigenvalue weighted by Gasteiger charge is 2.48. The van der Waals surface area contributed by atoms with Crippen molar-refractivity contribution in [2.75, 3.05) is 67.3 Å². The number of carboxylic acid groups (broad SMARTS) is 1. The Kier molecular flexibility index (Phi) is 10.1. The molecule has 1 unspecified atom stereocenters. The number of rotatable bonds is 7. The van der Waals surface area contributed by atoms with Crippen molar-refractivity contribution < 1.29 is 42.1 Å². The fourth-order valence-electron chi connectivity index (χ4n) is 4.60. The van der Waals surface area contributed by atoms with E-state index in [9.17, 15) is 18.0 Å². The monoisotopic (exact) mass is 490 g/mol. The number of hydrogen-bond acceptors (Lipinski definition) is 6. The Morgan fingerprint density at radius 2 is 1.68 bits per heavy atom. The van der Waals surface area contributed by atoms with E-state index < -0.39 is 12.1 Å². The van der Waals surface area contributed by atoms with Crippen molar-refractivity contribution in [1.82, 2.24) is 9.80 Å². The van der Waals surface area contributed by atoms with E-state index in [2.05, 4.69) is 4.90 Å². The maximum atomic E-state index is 12.8. The summed E-state index contributed by atoms with van der Waals surface area (Å²) in [6.45, 7) is 6.27. The van der Waals surface area contributed by atoms with Crippen LogP contribution in [0.5, 0.6) is 5.75 Å². The van der Waals surface area contributed by atoms with E-state index in [0.717, 1.165) is 70.1 Å². The first-order chi connectivity index (χ1) is 16.1. The van der Waals surface area contributed by atoms with Crippen LogP contribution in [0.3, 0.4) is 0 Å². The van der Waals surface area contributed by atoms with Crippen molar-refractivity contribution >= 4 is 11.9 Å². The minimum Gasteiger partial charge on any atom is -0.497 e. The number of carbonyl (C=O) groups is 2. The third-order valence-corrected chi connectivity index (χ3v) is 6.49. The molecule has 2 fully saturated rings. The SMILES string of the molecule is COCCN1CC(COC)C2(CCN(C(=O)c3ccc(OC)cc3)CC2)C1.O=C(O)C(F)(F)F. The zero-order valence-electron chi connectivity index (χ0n) is 19.8. The van der Waals surface area contributed by atoms with Gasteiger partial charge in [0.1, 0.15) is 5.75 Å². The molecule has 0 bridgehead atoms. The van der Waals surface area contributed by atoms with E-state index in [1.54, 1.807) is 21.3 Å². The topological polar surface area (TPSA) is 88.5 Å². The summed E-state index contributed by atoms with van der Waals surface area (Å²) < 4.78 is 47.7. The molecule has 11 heteroatoms. The number of carboxylic acids is 1. The molecule has 0 aromatic heterocycles. The van der Waals surface area contributed by atoms with E-state index in [1.807, 2.05) is 29.2 Å². The number of nitrogens with zero attached hydrogens (tertiary/aromatic N) is 2. The lowest BCUT2D eigenvalue weighted by Crippen LogP contribution is -2.47. The zero-order valence-corrected chi connectivity index (χ0v) is 19.8. The molecule has 34 heavy (non-hydrogen) atoms. The molecule has 3 rings (SSSR count). The van der Waals surface area contributed by atoms with Crippen molar-refractivity contribution in [3.8, 4) is 5.75 Å². The number of hydrogen-bond donors (Lipinski definition) is 1. The van der Waals surface area contributed by atoms with E-state index in [-0.39, 0.29) is 11.3 Å². The number of amides is 1. The summed E-state index contributed by atoms with van der Waals surface area (Å²) in [6, 6.07) is 7.39. The molecule has 8 nitrogen and oxygen atoms in total. The van der Waals surface area contributed by atoms with Gasteiger partial charge in [-0.2, -0.15) is 13.2 Å². The van der Waals surface area contributed by atoms with Crippen LogP contribution in [0.1, 0.15) is 23.2 Å². The summed E-state index contributed by atoms with van der Waals surface area (Å²) in [5.74, 6) is -1.34. The van der Waals surface area contributed by atoms with Gasteiger partial charge in [0.15, 0.2) is 0 Å². The highest BCUT2D eigenvalue weighted by atomic mass is 19.4. The molecule has 2 saturated heterocycles. The predicted octanol–water partition coefficient (Wildman–Crippen LogP) is 2.78. The fourth-order valence-corrected chi connectivity index (χ4v) is 4.60. The second kappa shape index (κ2) is 12.4. The number of halogens is 3. The van der Waals surface area contributed by atoms with Crippen molar-refractivity contribution in [3.05, 3.63) is 29.8 Å². The Bertz CT molecular complexity index is 795. The lowest BCUT2D eigenvalue weighted by molar-refractivity contribution is -0.192. The third kappa shape index (κ3) is 7.31. The summed E-state index contributed by atoms with van der Waals surface area (Å²) in [5.41, 5.74) is 0.980. The molecule has 2 heterocycles. The van der Waals surface area contributed by atoms with Crippen LogP contribution in [0, 0.1) is 11.3 Å². The number of methoxy groups -OCH3 is 3. The zero-order chi connectivity index (χ0) is 25.4. The predicted molar refractivity (Wildman–Crippen MR) is 118 cm³/mol. The van der Waals surface area contributed by atoms with Crippen LogP contribution in [-0.4, -0.2) is 100 Å². The number of likely N-dealkylation sites (tertiary alicyclic amines) is 2. The highest BCUT2D eigenvalue weighted by molar-refractivity contribution is 5.94. The number of benzene rings is 1. The van der Waals surface area contributed by atoms with Gasteiger partial charge in [-0.05, 0) is 42.5 Å². The normalized spacial score (nSPS) is 20.1. The first-order valence-corrected chi connectivity index (χ1v) is 11.0. The first kappa shape index (κ1) is 27.9. The molecule has 1 aromatic carbocycles. The minimum atomic E-state index is -5.08. The standard InChI is InChI=1S/C21H32N2O4.C2HF3O2/c1-25-13-12-22-14-18(15-26-2)21(16-22)8-10-23(11-9-21)20(24)17-4-6-19(27-3)7-5-17;3-2(4,5)1(6)7/h4-7,18H,8-16H2,1-3H3;(H,6,7). The van der Waals surface area contributed by atoms with E-state index in [4.69, 9.17) is 24.1 Å². The van der Waals surface area contributed by atoms with Crippen LogP contribution in [0.25, 0.3) is 0 Å². The van der Waals surface area contributed by atoms with Crippen molar-refractivity contribution in [2.45, 2.75) is 19.0 Å². The molecule has 0 saturated carbocycles. The maximum absolute atomic E-state index is 12.8. The van der Waals surface area contributed by atoms with E-state index >= 15 is 0 Å². The second-order valence-electron chi connectivity index (χ2n) is 8.57. The number of ether oxygens (including phenoxy) is 3. The van der Waals surface area contributed by atoms with Gasteiger partial charge in [-0.15, -0.1) is 0 Å². The van der Waals surface area contributed by atoms with Crippen molar-refractivity contribution in [2.24, 2.45) is 11.3 Å². The summed E-state index contributed by atoms with van der Waals surface area (Å²) in [7, 11) is 5.17. The third-order valence-electron chi connectivity index (χ3n) is 6.49. The van der Waals surface area contributed by atoms with E-state index in [0.29, 0.717) is 5.92 Å². The Balaban J connectivity index is 0.000000509. The average Bonchev–Trinajstić information content (AvgIpc) is 3.14. The van der Waals surface area contributed by atoms with Gasteiger partial charge in [0.2, 0.25) is 0 Å². The van der Waals surface area contributed by atoms with Crippen LogP contribution in [0.2, 0.25) is 0 Å². The number of alkyl halides is 3. The molecule has 1 amide bonds. The summed E-state index contributed by atoms with van der Waals surface area (Å²) in [5, 5.41) is 7.12. The van der Waals surface area contributed by atoms with Crippen molar-refractivity contribution in [3.63, 3.8) is 0 Å². The lowest BCUT2D eigenvalue weighted by atomic mass is 9.71. The van der Waals surface area contributed by atoms with Gasteiger partial charge < -0.3 is 29.1 Å². The largest absolute Gasteiger partial charge is 0.497 e. The molecular weight excluding hydrogens is 457 g/mol. The summed E-state index contributed by atoms with van der Waals surface area (Å²) in [4.78, 5) is 26.2. The molecular formula is C23H33F3N2O6. The molecule has 1 N–H and O–H groups in total. The van der Waals surface area contributed by atoms with Gasteiger partial charge in [0.25, 0.3) is 5.91 Å². The fraction of sp³-hybridized carbons (Fsp3) is 0.652. The van der Waals surface area contributed by atoms with Gasteiger partial charge in [0, 0.05) is 58.4 Å². The molecule has 2 aliphatic heterocycles. The Labute approximate surface area is 197 Å². The molecule has 0 radical (unpaired) electrons. The van der Waals surface area contributed by atoms with Crippen LogP contribution >= 0.6 is 0 Å². The summed E-state index contributed by atoms with van der Waals surface area (Å²) in [6.07, 6.45) is -3.02. The molecule has 1 aromatic rings. The van der Waals surface area contributed by atoms with Crippen LogP contribution in [0.15, 0.2) is 24.3 Å². The van der Waals surface area contributed by atoms with Gasteiger partial charge >= 0.3 is 12.1 Å². The lowest BCUT2D eigenvalue weighted by Gasteiger charge is -2.42. The van der Waals surface area contributed by atoms with Gasteiger partial charge in [-0.3, -0.25) is 4.79 Å². The second-order valence-corrected chi connectivity index (χ2v) is 8.57. The Hall–Kier alpha value is -2.37. The number of piperidine rings is 1. The minimum absolute atomic E-state index is 0.116. The summed E-state index contributed by atoms with van der Waals surface area (Å²) >= 11 is 0. The average molecular weight is 491 g/mol. The Morgan fingerprint density at radius 1 is 1.09 bits per heavy atom. The molecule has 0 aliphatic carbocycles. The molecule has 2 aliphatic rings. The van der Waals surface area contributed by atoms with Gasteiger partial charge in [0.05, 0.1) is 20.3 Å². The number of aliphatic carboxylic acids is 1. The van der Waals surface area contributed by atoms with Crippen molar-refractivity contribution in [1.29, 1.82) is 0 Å². The Morgan fingerprint density at radius 3 is 2.15 bits per heavy atom. The smallest absolute Gasteiger partial charge is 0.490 e. The van der Waals surface area contributed by atoms with Gasteiger partial charge in [-0.1, -0.05) is 0 Å². The quantitative estimate of drug-likeness (QED) is 0.629. The van der Waals surface area contributed by atoms with Gasteiger partial charge in [-0.25, -0.2) is 4.79 Å². The van der Waals surface area contributed by atoms with E-state index in [1.165, 1.54) is 0 Å². The molecule has 1 atom stereocenters. The highest BCUT2D eigenvalue weighted by Crippen LogP contribution is 2.45. The first-order valence-electron chi connectivity index (χ1n) is 11.0. The maximum Gasteiger partial charge on any atom is 0.490 e. The molecule has 1 spiro atoms. The number of carbonyl (C=O) groups excluding carboxylic acids is 1. The van der Waals surface area contributed by atoms with Crippen LogP contribution in [0.4, 0.5) is 13.2 Å². The molecule has 192 valence electrons. The van der Waals surface area contributed by atoms with Crippen LogP contribution < -0.4 is 4.74 Å².